The number of aromatic nitrogens is 2. The van der Waals surface area contributed by atoms with E-state index in [2.05, 4.69) is 53.7 Å². The Bertz CT molecular complexity index is 383. The first-order valence-electron chi connectivity index (χ1n) is 7.59. The van der Waals surface area contributed by atoms with Crippen molar-refractivity contribution in [1.82, 2.24) is 15.1 Å². The van der Waals surface area contributed by atoms with E-state index >= 15 is 0 Å². The average Bonchev–Trinajstić information content (AvgIpc) is 3.03. The van der Waals surface area contributed by atoms with E-state index in [9.17, 15) is 0 Å². The van der Waals surface area contributed by atoms with Crippen LogP contribution in [0.1, 0.15) is 38.1 Å². The molecule has 0 aliphatic carbocycles. The Kier molecular flexibility index (Phi) is 5.76. The first-order chi connectivity index (χ1) is 9.24. The topological polar surface area (TPSA) is 29.9 Å². The van der Waals surface area contributed by atoms with E-state index in [0.717, 1.165) is 31.1 Å². The fourth-order valence-electron chi connectivity index (χ4n) is 2.87. The summed E-state index contributed by atoms with van der Waals surface area (Å²) in [6.07, 6.45) is 3.70. The van der Waals surface area contributed by atoms with Crippen molar-refractivity contribution in [3.63, 3.8) is 0 Å². The van der Waals surface area contributed by atoms with Crippen LogP contribution in [-0.2, 0) is 13.0 Å². The Morgan fingerprint density at radius 1 is 1.53 bits per heavy atom. The van der Waals surface area contributed by atoms with Crippen LogP contribution < -0.4 is 5.32 Å². The standard InChI is InChI=1S/C15H27N3S/c1-4-7-16-15(13-6-8-19-11-13)10-14-9-12(3)17-18(14)5-2/h9,13,15-16H,4-8,10-11H2,1-3H3. The van der Waals surface area contributed by atoms with Crippen molar-refractivity contribution in [2.45, 2.75) is 52.6 Å². The highest BCUT2D eigenvalue weighted by molar-refractivity contribution is 7.99. The van der Waals surface area contributed by atoms with Crippen LogP contribution >= 0.6 is 11.8 Å². The molecule has 1 saturated heterocycles. The van der Waals surface area contributed by atoms with E-state index in [1.165, 1.54) is 30.0 Å². The lowest BCUT2D eigenvalue weighted by Crippen LogP contribution is -2.39. The summed E-state index contributed by atoms with van der Waals surface area (Å²) >= 11 is 2.11. The second kappa shape index (κ2) is 7.34. The third-order valence-electron chi connectivity index (χ3n) is 3.90. The zero-order chi connectivity index (χ0) is 13.7. The Labute approximate surface area is 121 Å². The number of rotatable bonds is 7. The summed E-state index contributed by atoms with van der Waals surface area (Å²) in [5.74, 6) is 3.49. The second-order valence-corrected chi connectivity index (χ2v) is 6.63. The van der Waals surface area contributed by atoms with Gasteiger partial charge in [-0.2, -0.15) is 16.9 Å². The van der Waals surface area contributed by atoms with Crippen molar-refractivity contribution < 1.29 is 0 Å². The van der Waals surface area contributed by atoms with Crippen molar-refractivity contribution >= 4 is 11.8 Å². The number of nitrogens with one attached hydrogen (secondary N) is 1. The van der Waals surface area contributed by atoms with Crippen LogP contribution in [0.5, 0.6) is 0 Å². The number of aryl methyl sites for hydroxylation is 2. The van der Waals surface area contributed by atoms with Gasteiger partial charge >= 0.3 is 0 Å². The van der Waals surface area contributed by atoms with Crippen LogP contribution in [0.4, 0.5) is 0 Å². The molecule has 1 N–H and O–H groups in total. The maximum absolute atomic E-state index is 4.57. The van der Waals surface area contributed by atoms with Gasteiger partial charge in [-0.25, -0.2) is 0 Å². The molecule has 0 amide bonds. The number of thioether (sulfide) groups is 1. The molecule has 0 spiro atoms. The summed E-state index contributed by atoms with van der Waals surface area (Å²) in [5, 5.41) is 8.34. The summed E-state index contributed by atoms with van der Waals surface area (Å²) < 4.78 is 2.16. The SMILES string of the molecule is CCCNC(Cc1cc(C)nn1CC)C1CCSC1. The molecule has 19 heavy (non-hydrogen) atoms. The molecule has 1 aliphatic heterocycles. The Hall–Kier alpha value is -0.480. The molecule has 0 bridgehead atoms. The first-order valence-corrected chi connectivity index (χ1v) is 8.74. The van der Waals surface area contributed by atoms with E-state index < -0.39 is 0 Å². The minimum absolute atomic E-state index is 0.622. The van der Waals surface area contributed by atoms with Gasteiger partial charge in [0.15, 0.2) is 0 Å². The fourth-order valence-corrected chi connectivity index (χ4v) is 4.21. The number of hydrogen-bond acceptors (Lipinski definition) is 3. The van der Waals surface area contributed by atoms with Gasteiger partial charge in [-0.05, 0) is 56.7 Å². The highest BCUT2D eigenvalue weighted by atomic mass is 32.2. The molecule has 4 heteroatoms. The smallest absolute Gasteiger partial charge is 0.0596 e. The van der Waals surface area contributed by atoms with Crippen LogP contribution in [0.25, 0.3) is 0 Å². The lowest BCUT2D eigenvalue weighted by Gasteiger charge is -2.24. The summed E-state index contributed by atoms with van der Waals surface area (Å²) in [6.45, 7) is 8.62. The molecular formula is C15H27N3S. The summed E-state index contributed by atoms with van der Waals surface area (Å²) in [4.78, 5) is 0. The Morgan fingerprint density at radius 3 is 3.00 bits per heavy atom. The van der Waals surface area contributed by atoms with Crippen molar-refractivity contribution in [3.05, 3.63) is 17.5 Å². The van der Waals surface area contributed by atoms with Crippen LogP contribution in [-0.4, -0.2) is 33.9 Å². The molecule has 1 aliphatic rings. The lowest BCUT2D eigenvalue weighted by atomic mass is 9.94. The normalized spacial score (nSPS) is 20.9. The highest BCUT2D eigenvalue weighted by Crippen LogP contribution is 2.28. The molecule has 2 unspecified atom stereocenters. The average molecular weight is 281 g/mol. The van der Waals surface area contributed by atoms with Crippen molar-refractivity contribution in [3.8, 4) is 0 Å². The quantitative estimate of drug-likeness (QED) is 0.833. The second-order valence-electron chi connectivity index (χ2n) is 5.48. The van der Waals surface area contributed by atoms with Gasteiger partial charge in [0.05, 0.1) is 5.69 Å². The largest absolute Gasteiger partial charge is 0.313 e. The van der Waals surface area contributed by atoms with E-state index in [1.54, 1.807) is 0 Å². The van der Waals surface area contributed by atoms with Gasteiger partial charge in [-0.1, -0.05) is 6.92 Å². The van der Waals surface area contributed by atoms with Gasteiger partial charge in [0.2, 0.25) is 0 Å². The molecule has 1 aromatic rings. The minimum Gasteiger partial charge on any atom is -0.313 e. The molecule has 3 nitrogen and oxygen atoms in total. The molecular weight excluding hydrogens is 254 g/mol. The van der Waals surface area contributed by atoms with Gasteiger partial charge in [-0.3, -0.25) is 4.68 Å². The van der Waals surface area contributed by atoms with Crippen molar-refractivity contribution in [2.75, 3.05) is 18.1 Å². The van der Waals surface area contributed by atoms with E-state index in [0.29, 0.717) is 6.04 Å². The molecule has 0 aromatic carbocycles. The van der Waals surface area contributed by atoms with Crippen LogP contribution in [0.3, 0.4) is 0 Å². The van der Waals surface area contributed by atoms with Gasteiger partial charge in [0, 0.05) is 24.7 Å². The van der Waals surface area contributed by atoms with Crippen molar-refractivity contribution in [2.24, 2.45) is 5.92 Å². The Balaban J connectivity index is 2.05. The minimum atomic E-state index is 0.622. The third kappa shape index (κ3) is 3.99. The summed E-state index contributed by atoms with van der Waals surface area (Å²) in [5.41, 5.74) is 2.54. The molecule has 1 fully saturated rings. The van der Waals surface area contributed by atoms with Gasteiger partial charge < -0.3 is 5.32 Å². The maximum atomic E-state index is 4.57. The molecule has 2 atom stereocenters. The van der Waals surface area contributed by atoms with Gasteiger partial charge in [0.1, 0.15) is 0 Å². The lowest BCUT2D eigenvalue weighted by molar-refractivity contribution is 0.372. The predicted molar refractivity (Wildman–Crippen MR) is 83.9 cm³/mol. The maximum Gasteiger partial charge on any atom is 0.0596 e. The zero-order valence-electron chi connectivity index (χ0n) is 12.5. The molecule has 1 aromatic heterocycles. The van der Waals surface area contributed by atoms with Gasteiger partial charge in [-0.15, -0.1) is 0 Å². The Morgan fingerprint density at radius 2 is 2.37 bits per heavy atom. The molecule has 2 rings (SSSR count). The van der Waals surface area contributed by atoms with Crippen molar-refractivity contribution in [1.29, 1.82) is 0 Å². The fraction of sp³-hybridized carbons (Fsp3) is 0.800. The highest BCUT2D eigenvalue weighted by Gasteiger charge is 2.26. The van der Waals surface area contributed by atoms with E-state index in [1.807, 2.05) is 0 Å². The van der Waals surface area contributed by atoms with Crippen LogP contribution in [0.2, 0.25) is 0 Å². The molecule has 0 saturated carbocycles. The van der Waals surface area contributed by atoms with Crippen LogP contribution in [0.15, 0.2) is 6.07 Å². The summed E-state index contributed by atoms with van der Waals surface area (Å²) in [6, 6.07) is 2.88. The third-order valence-corrected chi connectivity index (χ3v) is 5.09. The molecule has 0 radical (unpaired) electrons. The zero-order valence-corrected chi connectivity index (χ0v) is 13.3. The number of nitrogens with zero attached hydrogens (tertiary/aromatic N) is 2. The number of hydrogen-bond donors (Lipinski definition) is 1. The van der Waals surface area contributed by atoms with E-state index in [4.69, 9.17) is 0 Å². The first kappa shape index (κ1) is 14.9. The monoisotopic (exact) mass is 281 g/mol. The predicted octanol–water partition coefficient (Wildman–Crippen LogP) is 2.88. The van der Waals surface area contributed by atoms with E-state index in [-0.39, 0.29) is 0 Å². The van der Waals surface area contributed by atoms with Crippen LogP contribution in [0, 0.1) is 12.8 Å². The van der Waals surface area contributed by atoms with Gasteiger partial charge in [0.25, 0.3) is 0 Å². The molecule has 2 heterocycles. The molecule has 108 valence electrons. The summed E-state index contributed by atoms with van der Waals surface area (Å²) in [7, 11) is 0.